The van der Waals surface area contributed by atoms with Gasteiger partial charge in [-0.3, -0.25) is 9.71 Å². The highest BCUT2D eigenvalue weighted by Crippen LogP contribution is 2.51. The third-order valence-electron chi connectivity index (χ3n) is 8.27. The van der Waals surface area contributed by atoms with Crippen molar-refractivity contribution < 1.29 is 17.7 Å². The van der Waals surface area contributed by atoms with Crippen molar-refractivity contribution in [1.82, 2.24) is 14.9 Å². The second kappa shape index (κ2) is 9.31. The van der Waals surface area contributed by atoms with Crippen LogP contribution in [0.2, 0.25) is 0 Å². The van der Waals surface area contributed by atoms with Crippen LogP contribution in [0.5, 0.6) is 0 Å². The summed E-state index contributed by atoms with van der Waals surface area (Å²) < 4.78 is 39.9. The van der Waals surface area contributed by atoms with Crippen molar-refractivity contribution in [1.29, 1.82) is 0 Å². The van der Waals surface area contributed by atoms with Crippen LogP contribution < -0.4 is 9.62 Å². The first-order chi connectivity index (χ1) is 18.9. The lowest BCUT2D eigenvalue weighted by Gasteiger charge is -2.40. The number of nitrogens with zero attached hydrogens (tertiary/aromatic N) is 4. The molecule has 0 spiro atoms. The zero-order valence-electron chi connectivity index (χ0n) is 22.0. The van der Waals surface area contributed by atoms with Gasteiger partial charge in [-0.05, 0) is 57.1 Å². The van der Waals surface area contributed by atoms with E-state index in [0.717, 1.165) is 65.6 Å². The normalized spacial score (nSPS) is 21.8. The maximum absolute atomic E-state index is 12.9. The summed E-state index contributed by atoms with van der Waals surface area (Å²) in [5, 5.41) is 3.81. The molecule has 1 unspecified atom stereocenters. The number of hydrogen-bond donors (Lipinski definition) is 1. The minimum absolute atomic E-state index is 0.0314. The monoisotopic (exact) mass is 545 g/mol. The largest absolute Gasteiger partial charge is 0.381 e. The molecule has 9 nitrogen and oxygen atoms in total. The Kier molecular flexibility index (Phi) is 5.85. The Hall–Kier alpha value is -3.50. The maximum Gasteiger partial charge on any atom is 0.236 e. The van der Waals surface area contributed by atoms with Gasteiger partial charge in [0, 0.05) is 36.8 Å². The Morgan fingerprint density at radius 1 is 1.08 bits per heavy atom. The Morgan fingerprint density at radius 2 is 1.85 bits per heavy atom. The van der Waals surface area contributed by atoms with Gasteiger partial charge >= 0.3 is 0 Å². The molecule has 1 N–H and O–H groups in total. The SMILES string of the molecule is Cc1noc(C)c1-c1cnc2c(c1)N([C@H](c1ccccc1)C1CCOCC1)C1C=NC(NS(=O)(=O)C3CC3)=C21. The molecule has 2 fully saturated rings. The van der Waals surface area contributed by atoms with Crippen LogP contribution in [0.15, 0.2) is 57.9 Å². The molecule has 39 heavy (non-hydrogen) atoms. The van der Waals surface area contributed by atoms with Crippen LogP contribution in [0.25, 0.3) is 16.7 Å². The maximum atomic E-state index is 12.9. The quantitative estimate of drug-likeness (QED) is 0.464. The zero-order valence-corrected chi connectivity index (χ0v) is 22.8. The molecule has 0 amide bonds. The summed E-state index contributed by atoms with van der Waals surface area (Å²) in [6, 6.07) is 12.5. The van der Waals surface area contributed by atoms with Crippen molar-refractivity contribution in [3.63, 3.8) is 0 Å². The van der Waals surface area contributed by atoms with Crippen LogP contribution in [-0.4, -0.2) is 49.3 Å². The molecule has 3 aliphatic heterocycles. The van der Waals surface area contributed by atoms with Crippen molar-refractivity contribution in [3.05, 3.63) is 71.1 Å². The molecule has 10 heteroatoms. The van der Waals surface area contributed by atoms with Crippen LogP contribution in [0.3, 0.4) is 0 Å². The fraction of sp³-hybridized carbons (Fsp3) is 0.414. The van der Waals surface area contributed by atoms with E-state index < -0.39 is 10.0 Å². The Morgan fingerprint density at radius 3 is 2.54 bits per heavy atom. The van der Waals surface area contributed by atoms with Crippen LogP contribution in [0.4, 0.5) is 5.69 Å². The van der Waals surface area contributed by atoms with Crippen LogP contribution in [0.1, 0.15) is 54.4 Å². The first-order valence-electron chi connectivity index (χ1n) is 13.6. The lowest BCUT2D eigenvalue weighted by Crippen LogP contribution is -2.41. The molecule has 1 aromatic carbocycles. The van der Waals surface area contributed by atoms with E-state index in [9.17, 15) is 8.42 Å². The van der Waals surface area contributed by atoms with Gasteiger partial charge in [-0.2, -0.15) is 0 Å². The van der Waals surface area contributed by atoms with Gasteiger partial charge in [-0.25, -0.2) is 13.4 Å². The van der Waals surface area contributed by atoms with E-state index in [0.29, 0.717) is 24.6 Å². The van der Waals surface area contributed by atoms with Crippen molar-refractivity contribution in [2.75, 3.05) is 18.1 Å². The fourth-order valence-electron chi connectivity index (χ4n) is 6.27. The molecule has 4 aliphatic rings. The summed E-state index contributed by atoms with van der Waals surface area (Å²) in [5.74, 6) is 1.46. The molecule has 5 heterocycles. The first-order valence-corrected chi connectivity index (χ1v) is 15.1. The average molecular weight is 546 g/mol. The van der Waals surface area contributed by atoms with Gasteiger partial charge in [0.1, 0.15) is 11.6 Å². The van der Waals surface area contributed by atoms with Crippen LogP contribution in [0, 0.1) is 19.8 Å². The van der Waals surface area contributed by atoms with E-state index in [-0.39, 0.29) is 17.3 Å². The number of hydrogen-bond acceptors (Lipinski definition) is 8. The number of rotatable bonds is 7. The van der Waals surface area contributed by atoms with Crippen LogP contribution >= 0.6 is 0 Å². The number of aromatic nitrogens is 2. The highest BCUT2D eigenvalue weighted by Gasteiger charge is 2.47. The predicted molar refractivity (Wildman–Crippen MR) is 149 cm³/mol. The summed E-state index contributed by atoms with van der Waals surface area (Å²) in [6.45, 7) is 5.28. The summed E-state index contributed by atoms with van der Waals surface area (Å²) in [6.07, 6.45) is 6.95. The topological polar surface area (TPSA) is 110 Å². The number of aliphatic imine (C=N–C) groups is 1. The second-order valence-corrected chi connectivity index (χ2v) is 12.8. The third-order valence-corrected chi connectivity index (χ3v) is 10.1. The molecule has 1 saturated heterocycles. The zero-order chi connectivity index (χ0) is 26.7. The summed E-state index contributed by atoms with van der Waals surface area (Å²) in [4.78, 5) is 12.0. The molecule has 0 radical (unpaired) electrons. The minimum atomic E-state index is -3.48. The van der Waals surface area contributed by atoms with E-state index in [1.165, 1.54) is 5.56 Å². The van der Waals surface area contributed by atoms with E-state index >= 15 is 0 Å². The summed E-state index contributed by atoms with van der Waals surface area (Å²) in [7, 11) is -3.48. The number of ether oxygens (including phenoxy) is 1. The number of aryl methyl sites for hydroxylation is 2. The summed E-state index contributed by atoms with van der Waals surface area (Å²) >= 11 is 0. The van der Waals surface area contributed by atoms with Gasteiger partial charge in [0.15, 0.2) is 0 Å². The predicted octanol–water partition coefficient (Wildman–Crippen LogP) is 4.54. The van der Waals surface area contributed by atoms with Gasteiger partial charge in [0.05, 0.1) is 40.0 Å². The average Bonchev–Trinajstić information content (AvgIpc) is 3.58. The van der Waals surface area contributed by atoms with Gasteiger partial charge in [-0.15, -0.1) is 0 Å². The van der Waals surface area contributed by atoms with Crippen molar-refractivity contribution >= 4 is 27.5 Å². The second-order valence-electron chi connectivity index (χ2n) is 10.8. The lowest BCUT2D eigenvalue weighted by atomic mass is 9.85. The fourth-order valence-corrected chi connectivity index (χ4v) is 7.63. The molecule has 7 rings (SSSR count). The number of pyridine rings is 1. The Bertz CT molecular complexity index is 1570. The van der Waals surface area contributed by atoms with Crippen molar-refractivity contribution in [2.24, 2.45) is 10.9 Å². The molecule has 2 aromatic heterocycles. The molecule has 2 atom stereocenters. The van der Waals surface area contributed by atoms with Crippen molar-refractivity contribution in [3.8, 4) is 11.1 Å². The van der Waals surface area contributed by atoms with Crippen LogP contribution in [-0.2, 0) is 14.8 Å². The van der Waals surface area contributed by atoms with Gasteiger partial charge < -0.3 is 14.2 Å². The van der Waals surface area contributed by atoms with E-state index in [1.54, 1.807) is 0 Å². The highest BCUT2D eigenvalue weighted by atomic mass is 32.2. The smallest absolute Gasteiger partial charge is 0.236 e. The minimum Gasteiger partial charge on any atom is -0.381 e. The lowest BCUT2D eigenvalue weighted by molar-refractivity contribution is 0.0573. The van der Waals surface area contributed by atoms with Gasteiger partial charge in [-0.1, -0.05) is 35.5 Å². The van der Waals surface area contributed by atoms with Crippen molar-refractivity contribution in [2.45, 2.75) is 56.9 Å². The summed E-state index contributed by atoms with van der Waals surface area (Å²) in [5.41, 5.74) is 6.40. The molecule has 3 aromatic rings. The molecular weight excluding hydrogens is 514 g/mol. The number of benzene rings is 1. The molecule has 1 aliphatic carbocycles. The Balaban J connectivity index is 1.41. The number of nitrogens with one attached hydrogen (secondary N) is 1. The van der Waals surface area contributed by atoms with Gasteiger partial charge in [0.25, 0.3) is 0 Å². The van der Waals surface area contributed by atoms with Gasteiger partial charge in [0.2, 0.25) is 10.0 Å². The number of sulfonamides is 1. The first kappa shape index (κ1) is 24.5. The molecular formula is C29H31N5O4S. The molecule has 202 valence electrons. The number of fused-ring (bicyclic) bond motifs is 3. The number of anilines is 1. The van der Waals surface area contributed by atoms with E-state index in [1.807, 2.05) is 32.3 Å². The third kappa shape index (κ3) is 4.17. The standard InChI is InChI=1S/C29H31N5O4S/c1-17-25(18(2)38-32-17)21-14-23-27(30-15-21)26-24(16-31-29(26)33-39(35,36)22-8-9-22)34(23)28(19-6-4-3-5-7-19)20-10-12-37-13-11-20/h3-7,14-16,20,22,24,28,33H,8-13H2,1-2H3/t24?,28-/m1/s1. The van der Waals surface area contributed by atoms with E-state index in [2.05, 4.69) is 50.1 Å². The molecule has 0 bridgehead atoms. The highest BCUT2D eigenvalue weighted by molar-refractivity contribution is 7.90. The molecule has 1 saturated carbocycles. The van der Waals surface area contributed by atoms with E-state index in [4.69, 9.17) is 14.2 Å². The Labute approximate surface area is 228 Å².